The van der Waals surface area contributed by atoms with Crippen molar-refractivity contribution in [3.63, 3.8) is 0 Å². The van der Waals surface area contributed by atoms with Gasteiger partial charge in [-0.2, -0.15) is 0 Å². The quantitative estimate of drug-likeness (QED) is 0.806. The number of benzene rings is 1. The summed E-state index contributed by atoms with van der Waals surface area (Å²) >= 11 is 0. The van der Waals surface area contributed by atoms with Crippen LogP contribution >= 0.6 is 0 Å². The third-order valence-electron chi connectivity index (χ3n) is 2.66. The van der Waals surface area contributed by atoms with Crippen molar-refractivity contribution >= 4 is 0 Å². The van der Waals surface area contributed by atoms with Crippen LogP contribution in [0.25, 0.3) is 0 Å². The molecule has 5 nitrogen and oxygen atoms in total. The average molecular weight is 235 g/mol. The van der Waals surface area contributed by atoms with Crippen molar-refractivity contribution in [2.45, 2.75) is 19.4 Å². The smallest absolute Gasteiger partial charge is 0.426 e. The predicted molar refractivity (Wildman–Crippen MR) is 60.9 cm³/mol. The maximum Gasteiger partial charge on any atom is 0.426 e. The largest absolute Gasteiger partial charge is 0.497 e. The number of hydrogen-bond donors (Lipinski definition) is 1. The Hall–Kier alpha value is -2.04. The highest BCUT2D eigenvalue weighted by Gasteiger charge is 2.16. The second-order valence-corrected chi connectivity index (χ2v) is 3.95. The van der Waals surface area contributed by atoms with Crippen molar-refractivity contribution in [1.29, 1.82) is 0 Å². The molecule has 0 spiro atoms. The maximum absolute atomic E-state index is 10.9. The molecule has 1 N–H and O–H groups in total. The number of H-pyrrole nitrogens is 1. The van der Waals surface area contributed by atoms with Crippen LogP contribution in [0, 0.1) is 0 Å². The second kappa shape index (κ2) is 4.86. The zero-order valence-corrected chi connectivity index (χ0v) is 9.84. The van der Waals surface area contributed by atoms with Gasteiger partial charge in [-0.3, -0.25) is 4.52 Å². The van der Waals surface area contributed by atoms with Gasteiger partial charge in [0.1, 0.15) is 5.75 Å². The number of aromatic nitrogens is 2. The predicted octanol–water partition coefficient (Wildman–Crippen LogP) is 1.07. The summed E-state index contributed by atoms with van der Waals surface area (Å²) in [6.07, 6.45) is 2.22. The molecule has 1 aromatic heterocycles. The van der Waals surface area contributed by atoms with Gasteiger partial charge in [0.15, 0.2) is 6.04 Å². The van der Waals surface area contributed by atoms with E-state index in [1.165, 1.54) is 11.8 Å². The summed E-state index contributed by atoms with van der Waals surface area (Å²) in [6.45, 7) is 2.01. The van der Waals surface area contributed by atoms with E-state index in [1.54, 1.807) is 11.8 Å². The van der Waals surface area contributed by atoms with Crippen molar-refractivity contribution in [3.8, 4) is 5.75 Å². The van der Waals surface area contributed by atoms with Gasteiger partial charge in [-0.25, -0.2) is 4.79 Å². The van der Waals surface area contributed by atoms with Gasteiger partial charge in [0, 0.05) is 13.3 Å². The molecular formula is C12H15N2O3+. The summed E-state index contributed by atoms with van der Waals surface area (Å²) in [7, 11) is 1.64. The molecule has 1 heterocycles. The highest BCUT2D eigenvalue weighted by Crippen LogP contribution is 2.14. The Bertz CT molecular complexity index is 527. The van der Waals surface area contributed by atoms with E-state index in [-0.39, 0.29) is 11.7 Å². The lowest BCUT2D eigenvalue weighted by molar-refractivity contribution is -0.782. The molecule has 1 atom stereocenters. The number of nitrogens with one attached hydrogen (secondary N) is 1. The van der Waals surface area contributed by atoms with Crippen LogP contribution in [0.2, 0.25) is 0 Å². The zero-order valence-electron chi connectivity index (χ0n) is 9.84. The van der Waals surface area contributed by atoms with Gasteiger partial charge >= 0.3 is 5.63 Å². The number of ether oxygens (including phenoxy) is 1. The molecule has 0 unspecified atom stereocenters. The summed E-state index contributed by atoms with van der Waals surface area (Å²) in [4.78, 5) is 10.9. The zero-order chi connectivity index (χ0) is 12.3. The van der Waals surface area contributed by atoms with Gasteiger partial charge in [-0.1, -0.05) is 16.8 Å². The molecule has 0 fully saturated rings. The molecule has 0 aliphatic rings. The molecule has 17 heavy (non-hydrogen) atoms. The monoisotopic (exact) mass is 235 g/mol. The van der Waals surface area contributed by atoms with Gasteiger partial charge in [0.05, 0.1) is 7.11 Å². The SMILES string of the molecule is COc1ccc(C[C@H](C)[n+]2cc(=O)o[nH]2)cc1. The first-order valence-corrected chi connectivity index (χ1v) is 5.41. The third-order valence-corrected chi connectivity index (χ3v) is 2.66. The average Bonchev–Trinajstić information content (AvgIpc) is 2.77. The van der Waals surface area contributed by atoms with E-state index in [2.05, 4.69) is 9.79 Å². The number of aromatic amines is 1. The van der Waals surface area contributed by atoms with E-state index in [4.69, 9.17) is 4.74 Å². The van der Waals surface area contributed by atoms with Crippen molar-refractivity contribution in [3.05, 3.63) is 46.4 Å². The summed E-state index contributed by atoms with van der Waals surface area (Å²) in [6, 6.07) is 7.99. The van der Waals surface area contributed by atoms with E-state index >= 15 is 0 Å². The minimum atomic E-state index is -0.369. The summed E-state index contributed by atoms with van der Waals surface area (Å²) in [5.41, 5.74) is 0.805. The highest BCUT2D eigenvalue weighted by atomic mass is 16.5. The number of rotatable bonds is 4. The number of hydrogen-bond acceptors (Lipinski definition) is 3. The lowest BCUT2D eigenvalue weighted by atomic mass is 10.1. The number of nitrogens with zero attached hydrogens (tertiary/aromatic N) is 1. The van der Waals surface area contributed by atoms with Crippen LogP contribution in [-0.4, -0.2) is 12.4 Å². The molecule has 0 aliphatic heterocycles. The normalized spacial score (nSPS) is 12.4. The fraction of sp³-hybridized carbons (Fsp3) is 0.333. The molecule has 90 valence electrons. The van der Waals surface area contributed by atoms with E-state index in [0.717, 1.165) is 12.2 Å². The molecule has 0 radical (unpaired) electrons. The molecule has 1 aromatic carbocycles. The Morgan fingerprint density at radius 2 is 2.12 bits per heavy atom. The fourth-order valence-electron chi connectivity index (χ4n) is 1.68. The van der Waals surface area contributed by atoms with Crippen LogP contribution < -0.4 is 15.0 Å². The summed E-state index contributed by atoms with van der Waals surface area (Å²) in [5, 5.41) is 2.55. The Morgan fingerprint density at radius 1 is 1.41 bits per heavy atom. The Morgan fingerprint density at radius 3 is 2.65 bits per heavy atom. The molecule has 5 heteroatoms. The van der Waals surface area contributed by atoms with Crippen LogP contribution in [0.3, 0.4) is 0 Å². The first-order chi connectivity index (χ1) is 8.19. The van der Waals surface area contributed by atoms with E-state index in [1.807, 2.05) is 31.2 Å². The molecule has 0 saturated carbocycles. The van der Waals surface area contributed by atoms with Crippen LogP contribution in [0.1, 0.15) is 18.5 Å². The van der Waals surface area contributed by atoms with Crippen LogP contribution in [0.15, 0.2) is 39.8 Å². The second-order valence-electron chi connectivity index (χ2n) is 3.95. The maximum atomic E-state index is 10.9. The van der Waals surface area contributed by atoms with E-state index in [0.29, 0.717) is 0 Å². The van der Waals surface area contributed by atoms with Gasteiger partial charge in [0.2, 0.25) is 0 Å². The molecule has 0 aliphatic carbocycles. The Kier molecular flexibility index (Phi) is 3.27. The fourth-order valence-corrected chi connectivity index (χ4v) is 1.68. The topological polar surface area (TPSA) is 59.1 Å². The first kappa shape index (κ1) is 11.4. The van der Waals surface area contributed by atoms with Crippen LogP contribution in [-0.2, 0) is 6.42 Å². The lowest BCUT2D eigenvalue weighted by Gasteiger charge is -2.04. The van der Waals surface area contributed by atoms with Crippen LogP contribution in [0.5, 0.6) is 5.75 Å². The third kappa shape index (κ3) is 2.75. The summed E-state index contributed by atoms with van der Waals surface area (Å²) in [5.74, 6) is 0.839. The first-order valence-electron chi connectivity index (χ1n) is 5.41. The van der Waals surface area contributed by atoms with Crippen molar-refractivity contribution in [1.82, 2.24) is 5.27 Å². The van der Waals surface area contributed by atoms with Gasteiger partial charge in [-0.15, -0.1) is 0 Å². The molecule has 2 rings (SSSR count). The minimum Gasteiger partial charge on any atom is -0.497 e. The van der Waals surface area contributed by atoms with Gasteiger partial charge < -0.3 is 4.74 Å². The molecule has 0 amide bonds. The van der Waals surface area contributed by atoms with Crippen molar-refractivity contribution in [2.24, 2.45) is 0 Å². The molecule has 2 aromatic rings. The number of methoxy groups -OCH3 is 1. The lowest BCUT2D eigenvalue weighted by Crippen LogP contribution is -2.40. The standard InChI is InChI=1S/C12H14N2O3/c1-9(14-8-12(15)17-13-14)7-10-3-5-11(16-2)6-4-10/h3-6,8-9H,7H2,1-2H3/p+1/t9-/m0/s1. The van der Waals surface area contributed by atoms with E-state index < -0.39 is 0 Å². The van der Waals surface area contributed by atoms with E-state index in [9.17, 15) is 4.79 Å². The molecule has 0 bridgehead atoms. The highest BCUT2D eigenvalue weighted by molar-refractivity contribution is 5.27. The minimum absolute atomic E-state index is 0.134. The molecule has 0 saturated heterocycles. The van der Waals surface area contributed by atoms with Crippen molar-refractivity contribution < 1.29 is 13.9 Å². The van der Waals surface area contributed by atoms with Gasteiger partial charge in [-0.05, 0) is 23.0 Å². The Labute approximate surface area is 98.6 Å². The summed E-state index contributed by atoms with van der Waals surface area (Å²) < 4.78 is 11.4. The van der Waals surface area contributed by atoms with Crippen molar-refractivity contribution in [2.75, 3.05) is 7.11 Å². The van der Waals surface area contributed by atoms with Crippen LogP contribution in [0.4, 0.5) is 0 Å². The van der Waals surface area contributed by atoms with Gasteiger partial charge in [0.25, 0.3) is 6.20 Å². The Balaban J connectivity index is 2.07. The molecular weight excluding hydrogens is 220 g/mol.